The Balaban J connectivity index is 2.39. The van der Waals surface area contributed by atoms with E-state index >= 15 is 0 Å². The van der Waals surface area contributed by atoms with Crippen LogP contribution in [0.15, 0.2) is 24.3 Å². The van der Waals surface area contributed by atoms with E-state index in [1.165, 1.54) is 0 Å². The van der Waals surface area contributed by atoms with Crippen molar-refractivity contribution in [3.05, 3.63) is 41.2 Å². The number of nitriles is 1. The summed E-state index contributed by atoms with van der Waals surface area (Å²) in [7, 11) is 0. The summed E-state index contributed by atoms with van der Waals surface area (Å²) >= 11 is 0. The van der Waals surface area contributed by atoms with Crippen LogP contribution in [0.25, 0.3) is 5.69 Å². The van der Waals surface area contributed by atoms with Gasteiger partial charge in [0.25, 0.3) is 0 Å². The number of unbranched alkanes of at least 4 members (excludes halogenated alkanes) is 1. The van der Waals surface area contributed by atoms with E-state index < -0.39 is 5.91 Å². The van der Waals surface area contributed by atoms with Gasteiger partial charge in [-0.1, -0.05) is 18.6 Å². The number of hydrogen-bond donors (Lipinski definition) is 1. The Labute approximate surface area is 116 Å². The molecule has 0 unspecified atom stereocenters. The van der Waals surface area contributed by atoms with Crippen molar-refractivity contribution in [3.8, 4) is 11.8 Å². The molecule has 1 aromatic carbocycles. The lowest BCUT2D eigenvalue weighted by molar-refractivity contribution is 0.100. The number of rotatable bonds is 5. The molecule has 0 saturated carbocycles. The Kier molecular flexibility index (Phi) is 4.11. The molecule has 0 atom stereocenters. The summed E-state index contributed by atoms with van der Waals surface area (Å²) in [5.41, 5.74) is 7.54. The number of carbonyl (C=O) groups is 1. The van der Waals surface area contributed by atoms with Crippen molar-refractivity contribution >= 4 is 5.91 Å². The Morgan fingerprint density at radius 3 is 2.65 bits per heavy atom. The second kappa shape index (κ2) is 5.97. The van der Waals surface area contributed by atoms with E-state index in [0.29, 0.717) is 11.3 Å². The molecule has 0 aliphatic heterocycles. The molecule has 1 heterocycles. The maximum Gasteiger partial charge on any atom is 0.248 e. The molecule has 6 nitrogen and oxygen atoms in total. The number of nitrogens with two attached hydrogens (primary N) is 1. The molecule has 20 heavy (non-hydrogen) atoms. The summed E-state index contributed by atoms with van der Waals surface area (Å²) < 4.78 is 1.64. The van der Waals surface area contributed by atoms with Crippen molar-refractivity contribution in [1.82, 2.24) is 15.0 Å². The summed E-state index contributed by atoms with van der Waals surface area (Å²) in [5.74, 6) is -0.473. The lowest BCUT2D eigenvalue weighted by Gasteiger charge is -2.06. The first kappa shape index (κ1) is 13.7. The molecular formula is C14H15N5O. The van der Waals surface area contributed by atoms with E-state index in [1.54, 1.807) is 28.9 Å². The third-order valence-corrected chi connectivity index (χ3v) is 3.03. The Hall–Kier alpha value is -2.68. The molecule has 1 aromatic heterocycles. The quantitative estimate of drug-likeness (QED) is 0.890. The van der Waals surface area contributed by atoms with Crippen LogP contribution in [-0.2, 0) is 6.42 Å². The molecule has 2 N–H and O–H groups in total. The molecular weight excluding hydrogens is 254 g/mol. The number of amides is 1. The first-order chi connectivity index (χ1) is 9.67. The Morgan fingerprint density at radius 1 is 1.40 bits per heavy atom. The third kappa shape index (κ3) is 2.67. The van der Waals surface area contributed by atoms with Gasteiger partial charge in [0, 0.05) is 5.56 Å². The number of nitrogens with zero attached hydrogens (tertiary/aromatic N) is 4. The maximum atomic E-state index is 11.1. The van der Waals surface area contributed by atoms with Crippen LogP contribution >= 0.6 is 0 Å². The van der Waals surface area contributed by atoms with Gasteiger partial charge in [-0.3, -0.25) is 4.79 Å². The lowest BCUT2D eigenvalue weighted by atomic mass is 10.1. The van der Waals surface area contributed by atoms with Gasteiger partial charge in [0.1, 0.15) is 6.07 Å². The van der Waals surface area contributed by atoms with E-state index in [2.05, 4.69) is 23.3 Å². The molecule has 0 aliphatic carbocycles. The van der Waals surface area contributed by atoms with E-state index in [4.69, 9.17) is 11.0 Å². The van der Waals surface area contributed by atoms with E-state index in [9.17, 15) is 4.79 Å². The molecule has 1 amide bonds. The number of primary amides is 1. The van der Waals surface area contributed by atoms with Crippen LogP contribution in [0, 0.1) is 11.3 Å². The Morgan fingerprint density at radius 2 is 2.10 bits per heavy atom. The monoisotopic (exact) mass is 269 g/mol. The van der Waals surface area contributed by atoms with Crippen LogP contribution in [-0.4, -0.2) is 20.9 Å². The normalized spacial score (nSPS) is 10.2. The lowest BCUT2D eigenvalue weighted by Crippen LogP contribution is -2.11. The van der Waals surface area contributed by atoms with Gasteiger partial charge in [-0.05, 0) is 37.1 Å². The average Bonchev–Trinajstić information content (AvgIpc) is 2.88. The number of benzene rings is 1. The maximum absolute atomic E-state index is 11.1. The Bertz CT molecular complexity index is 651. The minimum absolute atomic E-state index is 0.345. The highest BCUT2D eigenvalue weighted by molar-refractivity contribution is 5.92. The van der Waals surface area contributed by atoms with Crippen molar-refractivity contribution in [2.45, 2.75) is 26.2 Å². The zero-order chi connectivity index (χ0) is 14.5. The molecule has 6 heteroatoms. The summed E-state index contributed by atoms with van der Waals surface area (Å²) in [5, 5.41) is 17.0. The predicted molar refractivity (Wildman–Crippen MR) is 73.2 cm³/mol. The fourth-order valence-corrected chi connectivity index (χ4v) is 1.93. The van der Waals surface area contributed by atoms with Crippen molar-refractivity contribution in [1.29, 1.82) is 5.26 Å². The van der Waals surface area contributed by atoms with Gasteiger partial charge in [-0.25, -0.2) is 4.68 Å². The molecule has 2 aromatic rings. The van der Waals surface area contributed by atoms with E-state index in [-0.39, 0.29) is 0 Å². The van der Waals surface area contributed by atoms with E-state index in [1.807, 2.05) is 0 Å². The molecule has 2 rings (SSSR count). The second-order valence-electron chi connectivity index (χ2n) is 4.42. The predicted octanol–water partition coefficient (Wildman–Crippen LogP) is 1.58. The van der Waals surface area contributed by atoms with Gasteiger partial charge in [-0.15, -0.1) is 5.10 Å². The van der Waals surface area contributed by atoms with Crippen LogP contribution < -0.4 is 5.73 Å². The standard InChI is InChI=1S/C14H15N5O/c1-2-3-4-13-12(9-15)17-18-19(13)11-7-5-10(6-8-11)14(16)20/h5-8H,2-4H2,1H3,(H2,16,20). The first-order valence-corrected chi connectivity index (χ1v) is 6.42. The van der Waals surface area contributed by atoms with Crippen molar-refractivity contribution in [2.75, 3.05) is 0 Å². The van der Waals surface area contributed by atoms with Crippen LogP contribution in [0.4, 0.5) is 0 Å². The van der Waals surface area contributed by atoms with Crippen LogP contribution in [0.2, 0.25) is 0 Å². The number of aromatic nitrogens is 3. The summed E-state index contributed by atoms with van der Waals surface area (Å²) in [4.78, 5) is 11.1. The van der Waals surface area contributed by atoms with Crippen LogP contribution in [0.3, 0.4) is 0 Å². The molecule has 0 fully saturated rings. The smallest absolute Gasteiger partial charge is 0.248 e. The molecule has 0 bridgehead atoms. The highest BCUT2D eigenvalue weighted by Crippen LogP contribution is 2.15. The van der Waals surface area contributed by atoms with Gasteiger partial charge < -0.3 is 5.73 Å². The third-order valence-electron chi connectivity index (χ3n) is 3.03. The largest absolute Gasteiger partial charge is 0.366 e. The number of carbonyl (C=O) groups excluding carboxylic acids is 1. The highest BCUT2D eigenvalue weighted by Gasteiger charge is 2.13. The molecule has 102 valence electrons. The zero-order valence-corrected chi connectivity index (χ0v) is 11.2. The van der Waals surface area contributed by atoms with Crippen molar-refractivity contribution in [2.24, 2.45) is 5.73 Å². The van der Waals surface area contributed by atoms with Crippen molar-refractivity contribution < 1.29 is 4.79 Å². The van der Waals surface area contributed by atoms with Gasteiger partial charge >= 0.3 is 0 Å². The molecule has 0 radical (unpaired) electrons. The summed E-state index contributed by atoms with van der Waals surface area (Å²) in [6.07, 6.45) is 2.72. The SMILES string of the molecule is CCCCc1c(C#N)nnn1-c1ccc(C(N)=O)cc1. The minimum atomic E-state index is -0.473. The average molecular weight is 269 g/mol. The molecule has 0 aliphatic rings. The van der Waals surface area contributed by atoms with Gasteiger partial charge in [-0.2, -0.15) is 5.26 Å². The summed E-state index contributed by atoms with van der Waals surface area (Å²) in [6.45, 7) is 2.09. The minimum Gasteiger partial charge on any atom is -0.366 e. The summed E-state index contributed by atoms with van der Waals surface area (Å²) in [6, 6.07) is 8.81. The van der Waals surface area contributed by atoms with Gasteiger partial charge in [0.15, 0.2) is 5.69 Å². The fraction of sp³-hybridized carbons (Fsp3) is 0.286. The van der Waals surface area contributed by atoms with Gasteiger partial charge in [0.05, 0.1) is 11.4 Å². The number of hydrogen-bond acceptors (Lipinski definition) is 4. The second-order valence-corrected chi connectivity index (χ2v) is 4.42. The van der Waals surface area contributed by atoms with Crippen LogP contribution in [0.1, 0.15) is 41.5 Å². The van der Waals surface area contributed by atoms with Crippen LogP contribution in [0.5, 0.6) is 0 Å². The first-order valence-electron chi connectivity index (χ1n) is 6.42. The topological polar surface area (TPSA) is 97.6 Å². The van der Waals surface area contributed by atoms with Crippen molar-refractivity contribution in [3.63, 3.8) is 0 Å². The molecule has 0 spiro atoms. The van der Waals surface area contributed by atoms with E-state index in [0.717, 1.165) is 30.6 Å². The fourth-order valence-electron chi connectivity index (χ4n) is 1.93. The van der Waals surface area contributed by atoms with Gasteiger partial charge in [0.2, 0.25) is 5.91 Å². The highest BCUT2D eigenvalue weighted by atomic mass is 16.1. The molecule has 0 saturated heterocycles. The zero-order valence-electron chi connectivity index (χ0n) is 11.2.